The highest BCUT2D eigenvalue weighted by Crippen LogP contribution is 2.37. The van der Waals surface area contributed by atoms with Gasteiger partial charge in [0.25, 0.3) is 0 Å². The monoisotopic (exact) mass is 484 g/mol. The fraction of sp³-hybridized carbons (Fsp3) is 0.370. The molecule has 2 rings (SSSR count). The topological polar surface area (TPSA) is 108 Å². The number of benzene rings is 2. The molecule has 0 saturated heterocycles. The fourth-order valence-electron chi connectivity index (χ4n) is 3.08. The first kappa shape index (κ1) is 27.4. The Hall–Kier alpha value is -3.81. The van der Waals surface area contributed by atoms with Crippen molar-refractivity contribution in [2.45, 2.75) is 52.7 Å². The van der Waals surface area contributed by atoms with Crippen LogP contribution in [0.25, 0.3) is 10.8 Å². The van der Waals surface area contributed by atoms with Crippen molar-refractivity contribution in [3.05, 3.63) is 60.2 Å². The van der Waals surface area contributed by atoms with E-state index in [1.165, 1.54) is 6.07 Å². The molecule has 2 aromatic rings. The zero-order chi connectivity index (χ0) is 26.1. The van der Waals surface area contributed by atoms with Crippen molar-refractivity contribution in [3.8, 4) is 11.5 Å². The van der Waals surface area contributed by atoms with E-state index in [2.05, 4.69) is 13.2 Å². The maximum absolute atomic E-state index is 12.1. The number of aromatic carboxylic acids is 1. The number of esters is 2. The number of carboxylic acid groups (broad SMARTS) is 1. The molecule has 2 unspecified atom stereocenters. The quantitative estimate of drug-likeness (QED) is 0.309. The summed E-state index contributed by atoms with van der Waals surface area (Å²) in [6.45, 7) is 13.9. The third-order valence-corrected chi connectivity index (χ3v) is 5.18. The Morgan fingerprint density at radius 1 is 0.857 bits per heavy atom. The van der Waals surface area contributed by atoms with E-state index in [0.717, 1.165) is 0 Å². The van der Waals surface area contributed by atoms with Gasteiger partial charge in [-0.3, -0.25) is 0 Å². The van der Waals surface area contributed by atoms with Gasteiger partial charge < -0.3 is 24.1 Å². The van der Waals surface area contributed by atoms with Crippen molar-refractivity contribution in [2.24, 2.45) is 0 Å². The lowest BCUT2D eigenvalue weighted by Crippen LogP contribution is -2.25. The van der Waals surface area contributed by atoms with Crippen molar-refractivity contribution in [1.29, 1.82) is 0 Å². The SMILES string of the molecule is C=C(C)C(=O)OC(CC)COc1cc(C(=O)O)c(OCC(CC)OC(=O)C(=C)C)c2ccccc12. The molecular weight excluding hydrogens is 452 g/mol. The second kappa shape index (κ2) is 12.6. The minimum Gasteiger partial charge on any atom is -0.489 e. The molecule has 0 aliphatic rings. The summed E-state index contributed by atoms with van der Waals surface area (Å²) in [5.41, 5.74) is 0.440. The molecular formula is C27H32O8. The summed E-state index contributed by atoms with van der Waals surface area (Å²) in [6, 6.07) is 8.44. The smallest absolute Gasteiger partial charge is 0.339 e. The summed E-state index contributed by atoms with van der Waals surface area (Å²) < 4.78 is 22.6. The highest BCUT2D eigenvalue weighted by atomic mass is 16.6. The molecule has 0 aromatic heterocycles. The van der Waals surface area contributed by atoms with E-state index in [4.69, 9.17) is 18.9 Å². The van der Waals surface area contributed by atoms with Crippen molar-refractivity contribution in [2.75, 3.05) is 13.2 Å². The number of hydrogen-bond acceptors (Lipinski definition) is 7. The van der Waals surface area contributed by atoms with Crippen LogP contribution in [0, 0.1) is 0 Å². The van der Waals surface area contributed by atoms with Crippen LogP contribution in [0.2, 0.25) is 0 Å². The second-order valence-corrected chi connectivity index (χ2v) is 8.16. The number of ether oxygens (including phenoxy) is 4. The molecule has 35 heavy (non-hydrogen) atoms. The average Bonchev–Trinajstić information content (AvgIpc) is 2.83. The first-order valence-corrected chi connectivity index (χ1v) is 11.4. The van der Waals surface area contributed by atoms with Crippen LogP contribution in [-0.4, -0.2) is 48.4 Å². The first-order valence-electron chi connectivity index (χ1n) is 11.4. The van der Waals surface area contributed by atoms with E-state index >= 15 is 0 Å². The van der Waals surface area contributed by atoms with Gasteiger partial charge in [0.05, 0.1) is 0 Å². The molecule has 0 aliphatic carbocycles. The van der Waals surface area contributed by atoms with E-state index in [1.54, 1.807) is 38.1 Å². The minimum absolute atomic E-state index is 0.0330. The van der Waals surface area contributed by atoms with Crippen LogP contribution >= 0.6 is 0 Å². The predicted molar refractivity (Wildman–Crippen MR) is 132 cm³/mol. The molecule has 0 fully saturated rings. The molecule has 0 heterocycles. The number of carbonyl (C=O) groups is 3. The number of rotatable bonds is 13. The second-order valence-electron chi connectivity index (χ2n) is 8.16. The van der Waals surface area contributed by atoms with Gasteiger partial charge in [-0.25, -0.2) is 14.4 Å². The summed E-state index contributed by atoms with van der Waals surface area (Å²) in [5, 5.41) is 11.0. The van der Waals surface area contributed by atoms with E-state index in [1.807, 2.05) is 13.8 Å². The summed E-state index contributed by atoms with van der Waals surface area (Å²) >= 11 is 0. The van der Waals surface area contributed by atoms with Crippen molar-refractivity contribution < 1.29 is 38.4 Å². The lowest BCUT2D eigenvalue weighted by Gasteiger charge is -2.21. The molecule has 2 aromatic carbocycles. The van der Waals surface area contributed by atoms with Crippen LogP contribution in [-0.2, 0) is 19.1 Å². The van der Waals surface area contributed by atoms with Gasteiger partial charge in [-0.1, -0.05) is 51.3 Å². The lowest BCUT2D eigenvalue weighted by atomic mass is 10.0. The standard InChI is InChI=1S/C27H32O8/c1-7-18(34-26(30)16(3)4)14-32-23-13-22(25(28)29)24(21-12-10-9-11-20(21)23)33-15-19(8-2)35-27(31)17(5)6/h9-13,18-19H,3,5,7-8,14-15H2,1-2,4,6H3,(H,28,29). The van der Waals surface area contributed by atoms with Gasteiger partial charge in [-0.15, -0.1) is 0 Å². The largest absolute Gasteiger partial charge is 0.489 e. The maximum atomic E-state index is 12.1. The molecule has 2 atom stereocenters. The summed E-state index contributed by atoms with van der Waals surface area (Å²) in [4.78, 5) is 35.9. The van der Waals surface area contributed by atoms with Gasteiger partial charge in [0.2, 0.25) is 0 Å². The molecule has 0 aliphatic heterocycles. The number of carboxylic acids is 1. The highest BCUT2D eigenvalue weighted by Gasteiger charge is 2.22. The van der Waals surface area contributed by atoms with Crippen molar-refractivity contribution in [1.82, 2.24) is 0 Å². The van der Waals surface area contributed by atoms with Gasteiger partial charge in [-0.05, 0) is 32.8 Å². The number of carbonyl (C=O) groups excluding carboxylic acids is 2. The number of fused-ring (bicyclic) bond motifs is 1. The Morgan fingerprint density at radius 3 is 1.80 bits per heavy atom. The van der Waals surface area contributed by atoms with Crippen LogP contribution in [0.5, 0.6) is 11.5 Å². The molecule has 0 radical (unpaired) electrons. The Labute approximate surface area is 205 Å². The molecule has 0 bridgehead atoms. The van der Waals surface area contributed by atoms with Crippen molar-refractivity contribution >= 4 is 28.7 Å². The Balaban J connectivity index is 2.35. The van der Waals surface area contributed by atoms with Gasteiger partial charge >= 0.3 is 17.9 Å². The predicted octanol–water partition coefficient (Wildman–Crippen LogP) is 5.09. The van der Waals surface area contributed by atoms with E-state index in [0.29, 0.717) is 29.4 Å². The van der Waals surface area contributed by atoms with E-state index in [-0.39, 0.29) is 35.7 Å². The van der Waals surface area contributed by atoms with Gasteiger partial charge in [0.15, 0.2) is 0 Å². The van der Waals surface area contributed by atoms with Gasteiger partial charge in [-0.2, -0.15) is 0 Å². The molecule has 188 valence electrons. The third-order valence-electron chi connectivity index (χ3n) is 5.18. The van der Waals surface area contributed by atoms with Crippen molar-refractivity contribution in [3.63, 3.8) is 0 Å². The van der Waals surface area contributed by atoms with Crippen LogP contribution < -0.4 is 9.47 Å². The highest BCUT2D eigenvalue weighted by molar-refractivity contribution is 6.03. The first-order chi connectivity index (χ1) is 16.6. The Kier molecular flexibility index (Phi) is 9.87. The van der Waals surface area contributed by atoms with Crippen LogP contribution in [0.3, 0.4) is 0 Å². The molecule has 8 nitrogen and oxygen atoms in total. The summed E-state index contributed by atoms with van der Waals surface area (Å²) in [7, 11) is 0. The normalized spacial score (nSPS) is 12.3. The molecule has 0 saturated carbocycles. The third kappa shape index (κ3) is 7.34. The molecule has 0 amide bonds. The molecule has 1 N–H and O–H groups in total. The molecule has 8 heteroatoms. The van der Waals surface area contributed by atoms with Crippen LogP contribution in [0.1, 0.15) is 50.9 Å². The maximum Gasteiger partial charge on any atom is 0.339 e. The van der Waals surface area contributed by atoms with Gasteiger partial charge in [0, 0.05) is 21.9 Å². The van der Waals surface area contributed by atoms with E-state index in [9.17, 15) is 19.5 Å². The zero-order valence-corrected chi connectivity index (χ0v) is 20.6. The summed E-state index contributed by atoms with van der Waals surface area (Å²) in [5.74, 6) is -1.80. The lowest BCUT2D eigenvalue weighted by molar-refractivity contribution is -0.146. The van der Waals surface area contributed by atoms with Crippen LogP contribution in [0.4, 0.5) is 0 Å². The van der Waals surface area contributed by atoms with Gasteiger partial charge in [0.1, 0.15) is 42.5 Å². The van der Waals surface area contributed by atoms with Crippen LogP contribution in [0.15, 0.2) is 54.6 Å². The van der Waals surface area contributed by atoms with E-state index < -0.39 is 30.1 Å². The summed E-state index contributed by atoms with van der Waals surface area (Å²) in [6.07, 6.45) is -0.132. The fourth-order valence-corrected chi connectivity index (χ4v) is 3.08. The Morgan fingerprint density at radius 2 is 1.34 bits per heavy atom. The number of hydrogen-bond donors (Lipinski definition) is 1. The Bertz CT molecular complexity index is 1120. The zero-order valence-electron chi connectivity index (χ0n) is 20.6. The average molecular weight is 485 g/mol. The molecule has 0 spiro atoms. The minimum atomic E-state index is -1.21.